The molecule has 5 nitrogen and oxygen atoms in total. The van der Waals surface area contributed by atoms with Crippen molar-refractivity contribution in [2.75, 3.05) is 24.5 Å². The maximum absolute atomic E-state index is 12.7. The molecule has 0 radical (unpaired) electrons. The first kappa shape index (κ1) is 16.5. The zero-order chi connectivity index (χ0) is 18.4. The maximum atomic E-state index is 12.7. The molecule has 0 amide bonds. The zero-order valence-electron chi connectivity index (χ0n) is 14.7. The Kier molecular flexibility index (Phi) is 3.99. The second-order valence-electron chi connectivity index (χ2n) is 7.05. The molecule has 4 heterocycles. The lowest BCUT2D eigenvalue weighted by molar-refractivity contribution is 0.420. The van der Waals surface area contributed by atoms with Crippen molar-refractivity contribution in [3.05, 3.63) is 75.8 Å². The van der Waals surface area contributed by atoms with Gasteiger partial charge in [0.25, 0.3) is 5.56 Å². The summed E-state index contributed by atoms with van der Waals surface area (Å²) in [6, 6.07) is 14.1. The van der Waals surface area contributed by atoms with Gasteiger partial charge in [-0.25, -0.2) is 0 Å². The third-order valence-electron chi connectivity index (χ3n) is 5.42. The van der Waals surface area contributed by atoms with Gasteiger partial charge in [0.05, 0.1) is 16.8 Å². The van der Waals surface area contributed by atoms with Gasteiger partial charge in [-0.2, -0.15) is 0 Å². The van der Waals surface area contributed by atoms with E-state index in [4.69, 9.17) is 11.6 Å². The number of nitrogens with one attached hydrogen (secondary N) is 1. The highest BCUT2D eigenvalue weighted by molar-refractivity contribution is 6.30. The quantitative estimate of drug-likeness (QED) is 0.761. The van der Waals surface area contributed by atoms with E-state index < -0.39 is 0 Å². The molecule has 0 atom stereocenters. The van der Waals surface area contributed by atoms with Crippen molar-refractivity contribution in [2.45, 2.75) is 12.5 Å². The van der Waals surface area contributed by atoms with Gasteiger partial charge in [0, 0.05) is 55.0 Å². The molecule has 2 aromatic heterocycles. The summed E-state index contributed by atoms with van der Waals surface area (Å²) in [6.07, 6.45) is 4.44. The van der Waals surface area contributed by atoms with Crippen LogP contribution >= 0.6 is 11.6 Å². The number of anilines is 1. The number of benzene rings is 1. The number of rotatable bonds is 3. The molecule has 1 saturated heterocycles. The fourth-order valence-corrected chi connectivity index (χ4v) is 3.95. The van der Waals surface area contributed by atoms with E-state index in [1.54, 1.807) is 22.9 Å². The van der Waals surface area contributed by atoms with Gasteiger partial charge in [-0.05, 0) is 48.4 Å². The molecule has 0 unspecified atom stereocenters. The Bertz CT molecular complexity index is 1060. The summed E-state index contributed by atoms with van der Waals surface area (Å²) >= 11 is 5.89. The van der Waals surface area contributed by atoms with E-state index in [1.807, 2.05) is 24.4 Å². The lowest BCUT2D eigenvalue weighted by atomic mass is 10.1. The highest BCUT2D eigenvalue weighted by Gasteiger charge is 2.29. The Hall–Kier alpha value is -2.63. The van der Waals surface area contributed by atoms with E-state index in [0.29, 0.717) is 11.1 Å². The van der Waals surface area contributed by atoms with Crippen molar-refractivity contribution >= 4 is 17.3 Å². The fraction of sp³-hybridized carbons (Fsp3) is 0.238. The Balaban J connectivity index is 1.47. The van der Waals surface area contributed by atoms with Crippen molar-refractivity contribution in [2.24, 2.45) is 0 Å². The summed E-state index contributed by atoms with van der Waals surface area (Å²) in [7, 11) is 0. The second-order valence-corrected chi connectivity index (χ2v) is 7.49. The molecule has 5 rings (SSSR count). The first-order valence-corrected chi connectivity index (χ1v) is 9.52. The highest BCUT2D eigenvalue weighted by Crippen LogP contribution is 2.32. The number of pyridine rings is 2. The Labute approximate surface area is 162 Å². The molecule has 27 heavy (non-hydrogen) atoms. The third kappa shape index (κ3) is 2.93. The lowest BCUT2D eigenvalue weighted by Crippen LogP contribution is -2.56. The van der Waals surface area contributed by atoms with Crippen LogP contribution in [0.2, 0.25) is 5.02 Å². The first-order valence-electron chi connectivity index (χ1n) is 9.14. The van der Waals surface area contributed by atoms with Gasteiger partial charge in [-0.3, -0.25) is 14.3 Å². The summed E-state index contributed by atoms with van der Waals surface area (Å²) in [5.74, 6) is 0. The smallest absolute Gasteiger partial charge is 0.255 e. The van der Waals surface area contributed by atoms with Gasteiger partial charge in [0.2, 0.25) is 0 Å². The number of aromatic nitrogens is 2. The largest absolute Gasteiger partial charge is 0.365 e. The standard InChI is InChI=1S/C21H19ClN4O/c22-16-1-3-19(24-11-16)14-5-8-26(21(27)10-14)17-2-4-20-15(9-17)6-7-25(20)18-12-23-13-18/h1-5,8-11,18,23H,6-7,12-13H2. The second kappa shape index (κ2) is 6.51. The summed E-state index contributed by atoms with van der Waals surface area (Å²) < 4.78 is 1.69. The van der Waals surface area contributed by atoms with Gasteiger partial charge in [0.1, 0.15) is 0 Å². The third-order valence-corrected chi connectivity index (χ3v) is 5.64. The van der Waals surface area contributed by atoms with Crippen LogP contribution in [0.1, 0.15) is 5.56 Å². The zero-order valence-corrected chi connectivity index (χ0v) is 15.5. The molecule has 1 aromatic carbocycles. The van der Waals surface area contributed by atoms with Gasteiger partial charge in [0.15, 0.2) is 0 Å². The Morgan fingerprint density at radius 2 is 2.00 bits per heavy atom. The van der Waals surface area contributed by atoms with Crippen LogP contribution in [-0.2, 0) is 6.42 Å². The van der Waals surface area contributed by atoms with E-state index in [0.717, 1.165) is 43.0 Å². The van der Waals surface area contributed by atoms with Crippen molar-refractivity contribution in [1.82, 2.24) is 14.9 Å². The van der Waals surface area contributed by atoms with Gasteiger partial charge in [-0.1, -0.05) is 11.6 Å². The molecule has 136 valence electrons. The number of halogens is 1. The summed E-state index contributed by atoms with van der Waals surface area (Å²) in [5, 5.41) is 3.92. The van der Waals surface area contributed by atoms with E-state index in [9.17, 15) is 4.79 Å². The van der Waals surface area contributed by atoms with E-state index >= 15 is 0 Å². The van der Waals surface area contributed by atoms with Crippen LogP contribution in [0.5, 0.6) is 0 Å². The van der Waals surface area contributed by atoms with Crippen LogP contribution in [0.4, 0.5) is 5.69 Å². The molecule has 0 saturated carbocycles. The topological polar surface area (TPSA) is 50.2 Å². The van der Waals surface area contributed by atoms with E-state index in [1.165, 1.54) is 11.3 Å². The van der Waals surface area contributed by atoms with Crippen LogP contribution < -0.4 is 15.8 Å². The van der Waals surface area contributed by atoms with Crippen LogP contribution in [0, 0.1) is 0 Å². The Morgan fingerprint density at radius 3 is 2.70 bits per heavy atom. The average molecular weight is 379 g/mol. The normalized spacial score (nSPS) is 16.3. The summed E-state index contributed by atoms with van der Waals surface area (Å²) in [6.45, 7) is 3.17. The summed E-state index contributed by atoms with van der Waals surface area (Å²) in [5.41, 5.74) is 4.99. The van der Waals surface area contributed by atoms with Crippen molar-refractivity contribution in [3.63, 3.8) is 0 Å². The minimum absolute atomic E-state index is 0.0674. The predicted molar refractivity (Wildman–Crippen MR) is 108 cm³/mol. The molecule has 2 aliphatic rings. The van der Waals surface area contributed by atoms with Crippen molar-refractivity contribution in [1.29, 1.82) is 0 Å². The van der Waals surface area contributed by atoms with Crippen molar-refractivity contribution in [3.8, 4) is 16.9 Å². The molecule has 1 N–H and O–H groups in total. The minimum atomic E-state index is -0.0674. The van der Waals surface area contributed by atoms with Crippen LogP contribution in [0.25, 0.3) is 16.9 Å². The molecule has 0 bridgehead atoms. The number of nitrogens with zero attached hydrogens (tertiary/aromatic N) is 3. The molecule has 0 aliphatic carbocycles. The molecule has 2 aliphatic heterocycles. The molecule has 1 fully saturated rings. The fourth-order valence-electron chi connectivity index (χ4n) is 3.83. The molecule has 3 aromatic rings. The molecule has 6 heteroatoms. The van der Waals surface area contributed by atoms with E-state index in [-0.39, 0.29) is 5.56 Å². The molecular formula is C21H19ClN4O. The number of hydrogen-bond acceptors (Lipinski definition) is 4. The maximum Gasteiger partial charge on any atom is 0.255 e. The van der Waals surface area contributed by atoms with Crippen LogP contribution in [0.3, 0.4) is 0 Å². The monoisotopic (exact) mass is 378 g/mol. The minimum Gasteiger partial charge on any atom is -0.365 e. The molecule has 0 spiro atoms. The number of fused-ring (bicyclic) bond motifs is 1. The van der Waals surface area contributed by atoms with E-state index in [2.05, 4.69) is 27.3 Å². The SMILES string of the molecule is O=c1cc(-c2ccc(Cl)cn2)ccn1-c1ccc2c(c1)CCN2C1CNC1. The Morgan fingerprint density at radius 1 is 1.11 bits per heavy atom. The van der Waals surface area contributed by atoms with Crippen LogP contribution in [0.15, 0.2) is 59.7 Å². The van der Waals surface area contributed by atoms with Gasteiger partial charge < -0.3 is 10.2 Å². The highest BCUT2D eigenvalue weighted by atomic mass is 35.5. The van der Waals surface area contributed by atoms with Crippen LogP contribution in [-0.4, -0.2) is 35.2 Å². The predicted octanol–water partition coefficient (Wildman–Crippen LogP) is 2.89. The van der Waals surface area contributed by atoms with Crippen molar-refractivity contribution < 1.29 is 0 Å². The van der Waals surface area contributed by atoms with Gasteiger partial charge >= 0.3 is 0 Å². The molecular weight excluding hydrogens is 360 g/mol. The van der Waals surface area contributed by atoms with Gasteiger partial charge in [-0.15, -0.1) is 0 Å². The summed E-state index contributed by atoms with van der Waals surface area (Å²) in [4.78, 5) is 19.5. The lowest BCUT2D eigenvalue weighted by Gasteiger charge is -2.37. The first-order chi connectivity index (χ1) is 13.2. The number of hydrogen-bond donors (Lipinski definition) is 1. The average Bonchev–Trinajstić information content (AvgIpc) is 3.04.